The van der Waals surface area contributed by atoms with Crippen LogP contribution in [-0.2, 0) is 13.1 Å². The van der Waals surface area contributed by atoms with Crippen molar-refractivity contribution in [3.63, 3.8) is 0 Å². The Morgan fingerprint density at radius 1 is 1.37 bits per heavy atom. The van der Waals surface area contributed by atoms with Crippen LogP contribution in [0.3, 0.4) is 0 Å². The number of aryl methyl sites for hydroxylation is 1. The summed E-state index contributed by atoms with van der Waals surface area (Å²) in [6.07, 6.45) is 0.812. The normalized spacial score (nSPS) is 10.6. The van der Waals surface area contributed by atoms with Gasteiger partial charge >= 0.3 is 0 Å². The molecule has 104 valence electrons. The molecular weight excluding hydrogens is 272 g/mol. The monoisotopic (exact) mass is 287 g/mol. The highest BCUT2D eigenvalue weighted by Crippen LogP contribution is 2.24. The SMILES string of the molecule is Cc1ccc(-c2cnn(CC(F)F)c2)c(CN)c1.Cl. The summed E-state index contributed by atoms with van der Waals surface area (Å²) in [5.41, 5.74) is 9.58. The van der Waals surface area contributed by atoms with Crippen molar-refractivity contribution in [2.45, 2.75) is 26.4 Å². The number of rotatable bonds is 4. The van der Waals surface area contributed by atoms with Crippen molar-refractivity contribution in [1.29, 1.82) is 0 Å². The summed E-state index contributed by atoms with van der Waals surface area (Å²) in [4.78, 5) is 0. The topological polar surface area (TPSA) is 43.8 Å². The molecule has 0 amide bonds. The number of hydrogen-bond acceptors (Lipinski definition) is 2. The molecule has 0 aliphatic heterocycles. The van der Waals surface area contributed by atoms with Crippen molar-refractivity contribution in [2.24, 2.45) is 5.73 Å². The summed E-state index contributed by atoms with van der Waals surface area (Å²) in [6, 6.07) is 5.92. The van der Waals surface area contributed by atoms with Crippen LogP contribution in [0.2, 0.25) is 0 Å². The van der Waals surface area contributed by atoms with E-state index in [4.69, 9.17) is 5.73 Å². The van der Waals surface area contributed by atoms with Gasteiger partial charge in [-0.25, -0.2) is 8.78 Å². The molecule has 1 aromatic carbocycles. The maximum absolute atomic E-state index is 12.2. The first-order valence-corrected chi connectivity index (χ1v) is 5.70. The number of nitrogens with zero attached hydrogens (tertiary/aromatic N) is 2. The standard InChI is InChI=1S/C13H15F2N3.ClH/c1-9-2-3-12(10(4-9)5-16)11-6-17-18(7-11)8-13(14)15;/h2-4,6-7,13H,5,8,16H2,1H3;1H. The van der Waals surface area contributed by atoms with Gasteiger partial charge < -0.3 is 5.73 Å². The van der Waals surface area contributed by atoms with Crippen molar-refractivity contribution in [3.8, 4) is 11.1 Å². The number of alkyl halides is 2. The number of nitrogens with two attached hydrogens (primary N) is 1. The highest BCUT2D eigenvalue weighted by molar-refractivity contribution is 5.85. The summed E-state index contributed by atoms with van der Waals surface area (Å²) in [5, 5.41) is 3.93. The maximum Gasteiger partial charge on any atom is 0.257 e. The summed E-state index contributed by atoms with van der Waals surface area (Å²) in [5.74, 6) is 0. The molecule has 19 heavy (non-hydrogen) atoms. The Kier molecular flexibility index (Phi) is 5.44. The molecule has 2 aromatic rings. The molecule has 1 heterocycles. The maximum atomic E-state index is 12.2. The second-order valence-corrected chi connectivity index (χ2v) is 4.21. The van der Waals surface area contributed by atoms with E-state index in [-0.39, 0.29) is 19.0 Å². The second kappa shape index (κ2) is 6.63. The first kappa shape index (κ1) is 15.6. The van der Waals surface area contributed by atoms with Gasteiger partial charge in [-0.3, -0.25) is 4.68 Å². The van der Waals surface area contributed by atoms with Gasteiger partial charge in [0.15, 0.2) is 0 Å². The molecule has 6 heteroatoms. The molecule has 0 spiro atoms. The quantitative estimate of drug-likeness (QED) is 0.939. The van der Waals surface area contributed by atoms with E-state index in [1.54, 1.807) is 12.4 Å². The average molecular weight is 288 g/mol. The third kappa shape index (κ3) is 3.75. The Morgan fingerprint density at radius 2 is 2.11 bits per heavy atom. The van der Waals surface area contributed by atoms with E-state index in [2.05, 4.69) is 5.10 Å². The zero-order valence-electron chi connectivity index (χ0n) is 10.5. The summed E-state index contributed by atoms with van der Waals surface area (Å²) < 4.78 is 25.7. The predicted octanol–water partition coefficient (Wildman–Crippen LogP) is 3.00. The summed E-state index contributed by atoms with van der Waals surface area (Å²) in [6.45, 7) is 2.02. The Morgan fingerprint density at radius 3 is 2.74 bits per heavy atom. The van der Waals surface area contributed by atoms with Crippen LogP contribution in [0.25, 0.3) is 11.1 Å². The van der Waals surface area contributed by atoms with E-state index in [1.807, 2.05) is 25.1 Å². The van der Waals surface area contributed by atoms with Gasteiger partial charge in [0.05, 0.1) is 6.20 Å². The highest BCUT2D eigenvalue weighted by Gasteiger charge is 2.09. The second-order valence-electron chi connectivity index (χ2n) is 4.21. The van der Waals surface area contributed by atoms with Gasteiger partial charge in [0, 0.05) is 18.3 Å². The van der Waals surface area contributed by atoms with E-state index in [1.165, 1.54) is 4.68 Å². The van der Waals surface area contributed by atoms with Gasteiger partial charge in [-0.1, -0.05) is 23.8 Å². The van der Waals surface area contributed by atoms with Crippen molar-refractivity contribution in [2.75, 3.05) is 0 Å². The van der Waals surface area contributed by atoms with Crippen LogP contribution < -0.4 is 5.73 Å². The van der Waals surface area contributed by atoms with Gasteiger partial charge in [-0.05, 0) is 18.1 Å². The van der Waals surface area contributed by atoms with E-state index >= 15 is 0 Å². The summed E-state index contributed by atoms with van der Waals surface area (Å²) >= 11 is 0. The minimum Gasteiger partial charge on any atom is -0.326 e. The van der Waals surface area contributed by atoms with Crippen LogP contribution in [0.15, 0.2) is 30.6 Å². The van der Waals surface area contributed by atoms with Crippen molar-refractivity contribution < 1.29 is 8.78 Å². The first-order chi connectivity index (χ1) is 8.60. The smallest absolute Gasteiger partial charge is 0.257 e. The zero-order chi connectivity index (χ0) is 13.1. The van der Waals surface area contributed by atoms with Crippen molar-refractivity contribution in [3.05, 3.63) is 41.7 Å². The Balaban J connectivity index is 0.00000180. The molecular formula is C13H16ClF2N3. The third-order valence-electron chi connectivity index (χ3n) is 2.75. The fourth-order valence-corrected chi connectivity index (χ4v) is 1.92. The lowest BCUT2D eigenvalue weighted by molar-refractivity contribution is 0.122. The number of aromatic nitrogens is 2. The molecule has 2 rings (SSSR count). The lowest BCUT2D eigenvalue weighted by Gasteiger charge is -2.06. The molecule has 0 aliphatic rings. The number of hydrogen-bond donors (Lipinski definition) is 1. The van der Waals surface area contributed by atoms with E-state index in [0.29, 0.717) is 6.54 Å². The molecule has 0 aliphatic carbocycles. The van der Waals surface area contributed by atoms with Crippen LogP contribution in [0.1, 0.15) is 11.1 Å². The molecule has 0 saturated heterocycles. The molecule has 0 radical (unpaired) electrons. The Labute approximate surface area is 116 Å². The molecule has 0 bridgehead atoms. The van der Waals surface area contributed by atoms with Gasteiger partial charge in [0.2, 0.25) is 0 Å². The number of halogens is 3. The van der Waals surface area contributed by atoms with Crippen molar-refractivity contribution in [1.82, 2.24) is 9.78 Å². The van der Waals surface area contributed by atoms with Gasteiger partial charge in [0.25, 0.3) is 6.43 Å². The Hall–Kier alpha value is -1.46. The Bertz CT molecular complexity index is 540. The largest absolute Gasteiger partial charge is 0.326 e. The van der Waals surface area contributed by atoms with Crippen LogP contribution in [-0.4, -0.2) is 16.2 Å². The average Bonchev–Trinajstić information content (AvgIpc) is 2.76. The predicted molar refractivity (Wildman–Crippen MR) is 73.5 cm³/mol. The highest BCUT2D eigenvalue weighted by atomic mass is 35.5. The molecule has 0 saturated carbocycles. The lowest BCUT2D eigenvalue weighted by Crippen LogP contribution is -2.06. The zero-order valence-corrected chi connectivity index (χ0v) is 11.3. The van der Waals surface area contributed by atoms with Crippen LogP contribution >= 0.6 is 12.4 Å². The minimum atomic E-state index is -2.40. The van der Waals surface area contributed by atoms with E-state index < -0.39 is 6.43 Å². The van der Waals surface area contributed by atoms with Crippen LogP contribution in [0.4, 0.5) is 8.78 Å². The minimum absolute atomic E-state index is 0. The molecule has 1 aromatic heterocycles. The molecule has 3 nitrogen and oxygen atoms in total. The molecule has 2 N–H and O–H groups in total. The van der Waals surface area contributed by atoms with Gasteiger partial charge in [-0.2, -0.15) is 5.10 Å². The lowest BCUT2D eigenvalue weighted by atomic mass is 10.0. The first-order valence-electron chi connectivity index (χ1n) is 5.70. The summed E-state index contributed by atoms with van der Waals surface area (Å²) in [7, 11) is 0. The molecule has 0 atom stereocenters. The molecule has 0 fully saturated rings. The molecule has 0 unspecified atom stereocenters. The van der Waals surface area contributed by atoms with E-state index in [0.717, 1.165) is 22.3 Å². The van der Waals surface area contributed by atoms with Crippen LogP contribution in [0, 0.1) is 6.92 Å². The van der Waals surface area contributed by atoms with Crippen LogP contribution in [0.5, 0.6) is 0 Å². The fourth-order valence-electron chi connectivity index (χ4n) is 1.92. The number of benzene rings is 1. The van der Waals surface area contributed by atoms with Gasteiger partial charge in [0.1, 0.15) is 6.54 Å². The van der Waals surface area contributed by atoms with Crippen molar-refractivity contribution >= 4 is 12.4 Å². The fraction of sp³-hybridized carbons (Fsp3) is 0.308. The third-order valence-corrected chi connectivity index (χ3v) is 2.75. The van der Waals surface area contributed by atoms with E-state index in [9.17, 15) is 8.78 Å². The van der Waals surface area contributed by atoms with Gasteiger partial charge in [-0.15, -0.1) is 12.4 Å².